The molecule has 0 aliphatic rings. The van der Waals surface area contributed by atoms with Gasteiger partial charge in [-0.05, 0) is 37.1 Å². The number of aromatic nitrogens is 2. The van der Waals surface area contributed by atoms with Crippen molar-refractivity contribution in [1.82, 2.24) is 9.97 Å². The number of amides is 1. The molecule has 5 nitrogen and oxygen atoms in total. The van der Waals surface area contributed by atoms with Gasteiger partial charge >= 0.3 is 0 Å². The number of hydrogen-bond acceptors (Lipinski definition) is 4. The van der Waals surface area contributed by atoms with E-state index in [2.05, 4.69) is 32.7 Å². The van der Waals surface area contributed by atoms with E-state index in [1.54, 1.807) is 12.3 Å². The SMILES string of the molecule is Cc1ccc(NC(=O)c2ccnc(NCCc3ccccc3)n2)cc1. The van der Waals surface area contributed by atoms with Crippen LogP contribution in [0.15, 0.2) is 66.9 Å². The zero-order valence-electron chi connectivity index (χ0n) is 14.1. The minimum absolute atomic E-state index is 0.252. The predicted octanol–water partition coefficient (Wildman–Crippen LogP) is 3.69. The molecular weight excluding hydrogens is 312 g/mol. The summed E-state index contributed by atoms with van der Waals surface area (Å²) in [6.07, 6.45) is 2.45. The molecule has 0 spiro atoms. The number of carbonyl (C=O) groups excluding carboxylic acids is 1. The fraction of sp³-hybridized carbons (Fsp3) is 0.150. The summed E-state index contributed by atoms with van der Waals surface area (Å²) in [6.45, 7) is 2.70. The third-order valence-corrected chi connectivity index (χ3v) is 3.74. The summed E-state index contributed by atoms with van der Waals surface area (Å²) in [5.74, 6) is 0.199. The number of carbonyl (C=O) groups is 1. The van der Waals surface area contributed by atoms with Crippen molar-refractivity contribution in [2.75, 3.05) is 17.2 Å². The second kappa shape index (κ2) is 8.06. The average Bonchev–Trinajstić information content (AvgIpc) is 2.65. The lowest BCUT2D eigenvalue weighted by molar-refractivity contribution is 0.102. The number of benzene rings is 2. The molecule has 1 amide bonds. The highest BCUT2D eigenvalue weighted by molar-refractivity contribution is 6.02. The molecule has 2 aromatic carbocycles. The second-order valence-electron chi connectivity index (χ2n) is 5.75. The van der Waals surface area contributed by atoms with Crippen molar-refractivity contribution in [2.45, 2.75) is 13.3 Å². The normalized spacial score (nSPS) is 10.3. The number of nitrogens with one attached hydrogen (secondary N) is 2. The second-order valence-corrected chi connectivity index (χ2v) is 5.75. The summed E-state index contributed by atoms with van der Waals surface area (Å²) in [6, 6.07) is 19.4. The molecule has 0 aliphatic heterocycles. The summed E-state index contributed by atoms with van der Waals surface area (Å²) >= 11 is 0. The first-order valence-corrected chi connectivity index (χ1v) is 8.19. The maximum atomic E-state index is 12.3. The van der Waals surface area contributed by atoms with E-state index in [-0.39, 0.29) is 5.91 Å². The van der Waals surface area contributed by atoms with Crippen molar-refractivity contribution in [1.29, 1.82) is 0 Å². The lowest BCUT2D eigenvalue weighted by Gasteiger charge is -2.08. The van der Waals surface area contributed by atoms with E-state index in [1.165, 1.54) is 5.56 Å². The highest BCUT2D eigenvalue weighted by Gasteiger charge is 2.09. The summed E-state index contributed by atoms with van der Waals surface area (Å²) in [5.41, 5.74) is 3.46. The van der Waals surface area contributed by atoms with E-state index < -0.39 is 0 Å². The number of anilines is 2. The third-order valence-electron chi connectivity index (χ3n) is 3.74. The van der Waals surface area contributed by atoms with Gasteiger partial charge in [-0.15, -0.1) is 0 Å². The molecule has 3 aromatic rings. The van der Waals surface area contributed by atoms with Crippen LogP contribution in [-0.2, 0) is 6.42 Å². The first-order valence-electron chi connectivity index (χ1n) is 8.19. The quantitative estimate of drug-likeness (QED) is 0.722. The number of nitrogens with zero attached hydrogens (tertiary/aromatic N) is 2. The average molecular weight is 332 g/mol. The van der Waals surface area contributed by atoms with E-state index in [0.29, 0.717) is 18.2 Å². The molecule has 0 atom stereocenters. The molecule has 1 heterocycles. The Morgan fingerprint density at radius 2 is 1.76 bits per heavy atom. The summed E-state index contributed by atoms with van der Waals surface area (Å²) in [5, 5.41) is 6.00. The van der Waals surface area contributed by atoms with Crippen LogP contribution in [0.4, 0.5) is 11.6 Å². The van der Waals surface area contributed by atoms with Crippen molar-refractivity contribution in [3.63, 3.8) is 0 Å². The molecule has 1 aromatic heterocycles. The highest BCUT2D eigenvalue weighted by Crippen LogP contribution is 2.10. The van der Waals surface area contributed by atoms with Gasteiger partial charge in [-0.1, -0.05) is 48.0 Å². The Hall–Kier alpha value is -3.21. The highest BCUT2D eigenvalue weighted by atomic mass is 16.1. The molecule has 25 heavy (non-hydrogen) atoms. The van der Waals surface area contributed by atoms with Crippen LogP contribution in [0.5, 0.6) is 0 Å². The van der Waals surface area contributed by atoms with Gasteiger partial charge in [0, 0.05) is 18.4 Å². The first-order chi connectivity index (χ1) is 12.2. The van der Waals surface area contributed by atoms with E-state index in [0.717, 1.165) is 17.7 Å². The fourth-order valence-electron chi connectivity index (χ4n) is 2.37. The zero-order chi connectivity index (χ0) is 17.5. The maximum Gasteiger partial charge on any atom is 0.274 e. The van der Waals surface area contributed by atoms with Crippen LogP contribution >= 0.6 is 0 Å². The number of rotatable bonds is 6. The summed E-state index contributed by atoms with van der Waals surface area (Å²) in [4.78, 5) is 20.8. The minimum Gasteiger partial charge on any atom is -0.354 e. The van der Waals surface area contributed by atoms with Gasteiger partial charge in [0.2, 0.25) is 5.95 Å². The molecule has 0 unspecified atom stereocenters. The van der Waals surface area contributed by atoms with Crippen molar-refractivity contribution in [3.05, 3.63) is 83.7 Å². The third kappa shape index (κ3) is 4.88. The van der Waals surface area contributed by atoms with Crippen molar-refractivity contribution < 1.29 is 4.79 Å². The lowest BCUT2D eigenvalue weighted by Crippen LogP contribution is -2.16. The Labute approximate surface area is 147 Å². The van der Waals surface area contributed by atoms with Crippen LogP contribution in [0, 0.1) is 6.92 Å². The Bertz CT molecular complexity index is 832. The first kappa shape index (κ1) is 16.6. The summed E-state index contributed by atoms with van der Waals surface area (Å²) in [7, 11) is 0. The van der Waals surface area contributed by atoms with Crippen molar-refractivity contribution >= 4 is 17.5 Å². The molecule has 0 saturated carbocycles. The van der Waals surface area contributed by atoms with Gasteiger partial charge in [0.05, 0.1) is 0 Å². The molecule has 0 aliphatic carbocycles. The van der Waals surface area contributed by atoms with Gasteiger partial charge in [0.15, 0.2) is 0 Å². The molecule has 0 saturated heterocycles. The molecule has 0 fully saturated rings. The Morgan fingerprint density at radius 3 is 2.52 bits per heavy atom. The number of aryl methyl sites for hydroxylation is 1. The molecule has 5 heteroatoms. The van der Waals surface area contributed by atoms with Gasteiger partial charge in [-0.2, -0.15) is 0 Å². The Balaban J connectivity index is 1.58. The van der Waals surface area contributed by atoms with Crippen LogP contribution in [0.1, 0.15) is 21.6 Å². The van der Waals surface area contributed by atoms with E-state index in [1.807, 2.05) is 49.4 Å². The van der Waals surface area contributed by atoms with Crippen LogP contribution in [0.2, 0.25) is 0 Å². The standard InChI is InChI=1S/C20H20N4O/c1-15-7-9-17(10-8-15)23-19(25)18-12-14-22-20(24-18)21-13-11-16-5-3-2-4-6-16/h2-10,12,14H,11,13H2,1H3,(H,23,25)(H,21,22,24). The van der Waals surface area contributed by atoms with Crippen LogP contribution in [-0.4, -0.2) is 22.4 Å². The Morgan fingerprint density at radius 1 is 1.00 bits per heavy atom. The van der Waals surface area contributed by atoms with Crippen LogP contribution in [0.25, 0.3) is 0 Å². The van der Waals surface area contributed by atoms with Crippen molar-refractivity contribution in [2.24, 2.45) is 0 Å². The molecular formula is C20H20N4O. The van der Waals surface area contributed by atoms with E-state index in [4.69, 9.17) is 0 Å². The van der Waals surface area contributed by atoms with Gasteiger partial charge < -0.3 is 10.6 Å². The van der Waals surface area contributed by atoms with Gasteiger partial charge in [0.1, 0.15) is 5.69 Å². The number of hydrogen-bond donors (Lipinski definition) is 2. The Kier molecular flexibility index (Phi) is 5.36. The van der Waals surface area contributed by atoms with Crippen molar-refractivity contribution in [3.8, 4) is 0 Å². The van der Waals surface area contributed by atoms with Gasteiger partial charge in [-0.3, -0.25) is 4.79 Å². The molecule has 2 N–H and O–H groups in total. The lowest BCUT2D eigenvalue weighted by atomic mass is 10.1. The predicted molar refractivity (Wildman–Crippen MR) is 99.8 cm³/mol. The molecule has 0 bridgehead atoms. The van der Waals surface area contributed by atoms with Crippen LogP contribution in [0.3, 0.4) is 0 Å². The van der Waals surface area contributed by atoms with E-state index in [9.17, 15) is 4.79 Å². The monoisotopic (exact) mass is 332 g/mol. The zero-order valence-corrected chi connectivity index (χ0v) is 14.1. The maximum absolute atomic E-state index is 12.3. The summed E-state index contributed by atoms with van der Waals surface area (Å²) < 4.78 is 0. The molecule has 3 rings (SSSR count). The molecule has 126 valence electrons. The van der Waals surface area contributed by atoms with Crippen LogP contribution < -0.4 is 10.6 Å². The van der Waals surface area contributed by atoms with Gasteiger partial charge in [0.25, 0.3) is 5.91 Å². The topological polar surface area (TPSA) is 66.9 Å². The largest absolute Gasteiger partial charge is 0.354 e. The fourth-order valence-corrected chi connectivity index (χ4v) is 2.37. The van der Waals surface area contributed by atoms with Gasteiger partial charge in [-0.25, -0.2) is 9.97 Å². The minimum atomic E-state index is -0.252. The van der Waals surface area contributed by atoms with E-state index >= 15 is 0 Å². The smallest absolute Gasteiger partial charge is 0.274 e. The molecule has 0 radical (unpaired) electrons.